The van der Waals surface area contributed by atoms with Crippen LogP contribution in [0.15, 0.2) is 11.6 Å². The third-order valence-corrected chi connectivity index (χ3v) is 4.92. The molecule has 0 spiro atoms. The van der Waals surface area contributed by atoms with Crippen LogP contribution < -0.4 is 0 Å². The molecule has 14 heavy (non-hydrogen) atoms. The fraction of sp³-hybridized carbons (Fsp3) is 0.800. The first-order valence-corrected chi connectivity index (χ1v) is 6.25. The van der Waals surface area contributed by atoms with Crippen molar-refractivity contribution in [2.75, 3.05) is 0 Å². The highest BCUT2D eigenvalue weighted by Crippen LogP contribution is 2.49. The molecule has 0 radical (unpaired) electrons. The Kier molecular flexibility index (Phi) is 4.09. The summed E-state index contributed by atoms with van der Waals surface area (Å²) in [7, 11) is 0. The van der Waals surface area contributed by atoms with Crippen LogP contribution in [0.5, 0.6) is 0 Å². The minimum absolute atomic E-state index is 0.00757. The van der Waals surface area contributed by atoms with Crippen molar-refractivity contribution in [3.05, 3.63) is 11.6 Å². The standard InChI is InChI=1S/C10H14Cl4/c1-9(3-4-11)6-10(2,14)8(13)5-7(9)12/h3-4,7-8H,5-6H2,1-2H3/t7-,8-,9+,10-/m1/s1. The van der Waals surface area contributed by atoms with E-state index in [4.69, 9.17) is 46.4 Å². The Bertz CT molecular complexity index is 236. The predicted molar refractivity (Wildman–Crippen MR) is 65.9 cm³/mol. The Hall–Kier alpha value is 0.900. The van der Waals surface area contributed by atoms with Crippen LogP contribution in [0.4, 0.5) is 0 Å². The van der Waals surface area contributed by atoms with E-state index in [0.717, 1.165) is 6.42 Å². The first-order valence-electron chi connectivity index (χ1n) is 4.57. The summed E-state index contributed by atoms with van der Waals surface area (Å²) in [6.45, 7) is 4.02. The third-order valence-electron chi connectivity index (χ3n) is 2.95. The summed E-state index contributed by atoms with van der Waals surface area (Å²) in [5, 5.41) is -0.0877. The number of hydrogen-bond acceptors (Lipinski definition) is 0. The summed E-state index contributed by atoms with van der Waals surface area (Å²) in [6.07, 6.45) is 3.36. The summed E-state index contributed by atoms with van der Waals surface area (Å²) in [6, 6.07) is 0. The molecule has 82 valence electrons. The van der Waals surface area contributed by atoms with Crippen molar-refractivity contribution in [3.63, 3.8) is 0 Å². The van der Waals surface area contributed by atoms with Gasteiger partial charge in [-0.2, -0.15) is 0 Å². The number of rotatable bonds is 1. The monoisotopic (exact) mass is 274 g/mol. The van der Waals surface area contributed by atoms with Gasteiger partial charge in [0, 0.05) is 16.3 Å². The van der Waals surface area contributed by atoms with Crippen LogP contribution in [-0.4, -0.2) is 15.6 Å². The quantitative estimate of drug-likeness (QED) is 0.606. The van der Waals surface area contributed by atoms with Gasteiger partial charge < -0.3 is 0 Å². The molecular formula is C10H14Cl4. The van der Waals surface area contributed by atoms with E-state index in [0.29, 0.717) is 6.42 Å². The molecule has 0 unspecified atom stereocenters. The van der Waals surface area contributed by atoms with Crippen LogP contribution in [0.3, 0.4) is 0 Å². The molecule has 4 heteroatoms. The Morgan fingerprint density at radius 3 is 2.29 bits per heavy atom. The van der Waals surface area contributed by atoms with Gasteiger partial charge in [-0.25, -0.2) is 0 Å². The van der Waals surface area contributed by atoms with E-state index in [1.165, 1.54) is 5.54 Å². The van der Waals surface area contributed by atoms with Gasteiger partial charge in [-0.1, -0.05) is 24.6 Å². The first-order chi connectivity index (χ1) is 6.32. The Morgan fingerprint density at radius 1 is 1.21 bits per heavy atom. The van der Waals surface area contributed by atoms with E-state index in [1.807, 2.05) is 13.0 Å². The molecule has 0 N–H and O–H groups in total. The molecule has 1 aliphatic rings. The molecule has 0 aromatic rings. The van der Waals surface area contributed by atoms with Crippen LogP contribution in [0.25, 0.3) is 0 Å². The number of halogens is 4. The Morgan fingerprint density at radius 2 is 1.79 bits per heavy atom. The minimum Gasteiger partial charge on any atom is -0.122 e. The average molecular weight is 276 g/mol. The summed E-state index contributed by atoms with van der Waals surface area (Å²) < 4.78 is 0. The van der Waals surface area contributed by atoms with Crippen molar-refractivity contribution >= 4 is 46.4 Å². The van der Waals surface area contributed by atoms with Crippen molar-refractivity contribution in [2.45, 2.75) is 42.3 Å². The lowest BCUT2D eigenvalue weighted by molar-refractivity contribution is 0.253. The lowest BCUT2D eigenvalue weighted by Gasteiger charge is -2.45. The molecule has 0 aromatic heterocycles. The summed E-state index contributed by atoms with van der Waals surface area (Å²) in [5.41, 5.74) is 1.35. The number of allylic oxidation sites excluding steroid dienone is 1. The SMILES string of the molecule is C[C@]1(C=CCl)C[C@@](C)(Cl)[C@H](Cl)C[C@H]1Cl. The molecule has 1 fully saturated rings. The highest BCUT2D eigenvalue weighted by molar-refractivity contribution is 6.33. The number of alkyl halides is 3. The topological polar surface area (TPSA) is 0 Å². The molecule has 1 aliphatic carbocycles. The lowest BCUT2D eigenvalue weighted by atomic mass is 9.70. The fourth-order valence-electron chi connectivity index (χ4n) is 1.97. The molecule has 0 heterocycles. The Labute approximate surface area is 106 Å². The van der Waals surface area contributed by atoms with Crippen molar-refractivity contribution < 1.29 is 0 Å². The molecule has 0 saturated heterocycles. The second-order valence-electron chi connectivity index (χ2n) is 4.42. The highest BCUT2D eigenvalue weighted by atomic mass is 35.5. The van der Waals surface area contributed by atoms with E-state index < -0.39 is 4.87 Å². The van der Waals surface area contributed by atoms with Gasteiger partial charge in [0.05, 0.1) is 10.3 Å². The van der Waals surface area contributed by atoms with Crippen molar-refractivity contribution in [1.82, 2.24) is 0 Å². The van der Waals surface area contributed by atoms with Crippen LogP contribution >= 0.6 is 46.4 Å². The summed E-state index contributed by atoms with van der Waals surface area (Å²) in [5.74, 6) is 0. The Balaban J connectivity index is 2.89. The van der Waals surface area contributed by atoms with Crippen molar-refractivity contribution in [1.29, 1.82) is 0 Å². The normalized spacial score (nSPS) is 49.9. The fourth-order valence-corrected chi connectivity index (χ4v) is 3.31. The van der Waals surface area contributed by atoms with Crippen molar-refractivity contribution in [3.8, 4) is 0 Å². The highest BCUT2D eigenvalue weighted by Gasteiger charge is 2.47. The third kappa shape index (κ3) is 2.52. The minimum atomic E-state index is -0.405. The second-order valence-corrected chi connectivity index (χ2v) is 6.59. The van der Waals surface area contributed by atoms with Gasteiger partial charge in [0.2, 0.25) is 0 Å². The van der Waals surface area contributed by atoms with Crippen molar-refractivity contribution in [2.24, 2.45) is 5.41 Å². The number of hydrogen-bond donors (Lipinski definition) is 0. The van der Waals surface area contributed by atoms with Crippen LogP contribution in [0, 0.1) is 5.41 Å². The van der Waals surface area contributed by atoms with Crippen LogP contribution in [-0.2, 0) is 0 Å². The molecule has 1 rings (SSSR count). The van der Waals surface area contributed by atoms with Gasteiger partial charge in [0.15, 0.2) is 0 Å². The van der Waals surface area contributed by atoms with Gasteiger partial charge in [-0.05, 0) is 19.8 Å². The van der Waals surface area contributed by atoms with E-state index in [1.54, 1.807) is 0 Å². The zero-order valence-electron chi connectivity index (χ0n) is 8.24. The lowest BCUT2D eigenvalue weighted by Crippen LogP contribution is -2.47. The smallest absolute Gasteiger partial charge is 0.0591 e. The summed E-state index contributed by atoms with van der Waals surface area (Å²) >= 11 is 24.4. The van der Waals surface area contributed by atoms with E-state index >= 15 is 0 Å². The molecule has 0 nitrogen and oxygen atoms in total. The molecule has 1 saturated carbocycles. The van der Waals surface area contributed by atoms with Gasteiger partial charge >= 0.3 is 0 Å². The maximum absolute atomic E-state index is 6.34. The molecule has 0 bridgehead atoms. The van der Waals surface area contributed by atoms with E-state index in [-0.39, 0.29) is 16.2 Å². The maximum Gasteiger partial charge on any atom is 0.0591 e. The van der Waals surface area contributed by atoms with Gasteiger partial charge in [-0.3, -0.25) is 0 Å². The predicted octanol–water partition coefficient (Wildman–Crippen LogP) is 4.75. The second kappa shape index (κ2) is 4.41. The van der Waals surface area contributed by atoms with Gasteiger partial charge in [-0.15, -0.1) is 34.8 Å². The molecule has 0 aromatic carbocycles. The summed E-state index contributed by atoms with van der Waals surface area (Å²) in [4.78, 5) is -0.405. The zero-order chi connectivity index (χ0) is 11.0. The van der Waals surface area contributed by atoms with E-state index in [2.05, 4.69) is 6.92 Å². The maximum atomic E-state index is 6.34. The zero-order valence-corrected chi connectivity index (χ0v) is 11.3. The molecule has 4 atom stereocenters. The average Bonchev–Trinajstić information content (AvgIpc) is 2.01. The molecule has 0 aliphatic heterocycles. The van der Waals surface area contributed by atoms with Gasteiger partial charge in [0.25, 0.3) is 0 Å². The van der Waals surface area contributed by atoms with Crippen LogP contribution in [0.2, 0.25) is 0 Å². The van der Waals surface area contributed by atoms with E-state index in [9.17, 15) is 0 Å². The molecular weight excluding hydrogens is 262 g/mol. The van der Waals surface area contributed by atoms with Gasteiger partial charge in [0.1, 0.15) is 0 Å². The largest absolute Gasteiger partial charge is 0.122 e. The van der Waals surface area contributed by atoms with Crippen LogP contribution in [0.1, 0.15) is 26.7 Å². The molecule has 0 amide bonds. The first kappa shape index (κ1) is 13.0.